The summed E-state index contributed by atoms with van der Waals surface area (Å²) in [5, 5.41) is 15.4. The van der Waals surface area contributed by atoms with Gasteiger partial charge in [0.2, 0.25) is 6.79 Å². The fourth-order valence-corrected chi connectivity index (χ4v) is 5.09. The number of esters is 2. The second-order valence-electron chi connectivity index (χ2n) is 6.89. The highest BCUT2D eigenvalue weighted by molar-refractivity contribution is 7.18. The lowest BCUT2D eigenvalue weighted by Crippen LogP contribution is -2.08. The van der Waals surface area contributed by atoms with Crippen molar-refractivity contribution in [1.29, 1.82) is 5.26 Å². The molecule has 11 heteroatoms. The van der Waals surface area contributed by atoms with Gasteiger partial charge in [-0.3, -0.25) is 0 Å². The molecule has 0 saturated carbocycles. The molecule has 1 aromatic carbocycles. The lowest BCUT2D eigenvalue weighted by atomic mass is 10.1. The SMILES string of the molecule is CCOC(=O)c1c(N/C=C(/C#N)c2nc(-c3ccc4c(c3)OCO4)cs2)sc(C(=O)OC)c1C. The maximum Gasteiger partial charge on any atom is 0.348 e. The minimum absolute atomic E-state index is 0.182. The number of thiazole rings is 1. The molecule has 3 heterocycles. The van der Waals surface area contributed by atoms with E-state index >= 15 is 0 Å². The molecule has 0 aliphatic carbocycles. The first kappa shape index (κ1) is 23.3. The molecule has 3 aromatic rings. The van der Waals surface area contributed by atoms with Crippen LogP contribution in [0.2, 0.25) is 0 Å². The standard InChI is InChI=1S/C23H19N3O6S2/c1-4-30-22(27)18-12(2)19(23(28)29-3)34-21(18)25-9-14(8-24)20-26-15(10-33-20)13-5-6-16-17(7-13)32-11-31-16/h5-7,9-10,25H,4,11H2,1-3H3/b14-9-. The van der Waals surface area contributed by atoms with E-state index in [0.29, 0.717) is 32.8 Å². The molecule has 2 aromatic heterocycles. The smallest absolute Gasteiger partial charge is 0.348 e. The van der Waals surface area contributed by atoms with Gasteiger partial charge in [0, 0.05) is 17.1 Å². The first-order valence-electron chi connectivity index (χ1n) is 10.1. The molecule has 0 fully saturated rings. The number of nitriles is 1. The van der Waals surface area contributed by atoms with Gasteiger partial charge in [-0.05, 0) is 37.6 Å². The summed E-state index contributed by atoms with van der Waals surface area (Å²) in [5.74, 6) is 0.195. The topological polar surface area (TPSA) is 120 Å². The molecule has 0 unspecified atom stereocenters. The van der Waals surface area contributed by atoms with Crippen molar-refractivity contribution in [3.8, 4) is 28.8 Å². The number of nitrogens with one attached hydrogen (secondary N) is 1. The Kier molecular flexibility index (Phi) is 6.81. The van der Waals surface area contributed by atoms with Crippen LogP contribution in [0.15, 0.2) is 29.8 Å². The molecule has 1 aliphatic rings. The molecular weight excluding hydrogens is 478 g/mol. The number of carbonyl (C=O) groups is 2. The Morgan fingerprint density at radius 1 is 1.29 bits per heavy atom. The fraction of sp³-hybridized carbons (Fsp3) is 0.217. The van der Waals surface area contributed by atoms with Crippen LogP contribution in [-0.2, 0) is 9.47 Å². The minimum Gasteiger partial charge on any atom is -0.465 e. The zero-order valence-electron chi connectivity index (χ0n) is 18.5. The molecule has 1 N–H and O–H groups in total. The zero-order valence-corrected chi connectivity index (χ0v) is 20.1. The Labute approximate surface area is 203 Å². The van der Waals surface area contributed by atoms with E-state index in [-0.39, 0.29) is 29.4 Å². The number of thiophene rings is 1. The summed E-state index contributed by atoms with van der Waals surface area (Å²) in [4.78, 5) is 29.5. The largest absolute Gasteiger partial charge is 0.465 e. The molecule has 34 heavy (non-hydrogen) atoms. The van der Waals surface area contributed by atoms with E-state index in [2.05, 4.69) is 16.4 Å². The predicted octanol–water partition coefficient (Wildman–Crippen LogP) is 4.85. The van der Waals surface area contributed by atoms with Crippen molar-refractivity contribution in [2.45, 2.75) is 13.8 Å². The Balaban J connectivity index is 1.63. The van der Waals surface area contributed by atoms with E-state index < -0.39 is 11.9 Å². The van der Waals surface area contributed by atoms with Crippen LogP contribution in [0.4, 0.5) is 5.00 Å². The number of hydrogen-bond donors (Lipinski definition) is 1. The lowest BCUT2D eigenvalue weighted by molar-refractivity contribution is 0.0527. The molecule has 9 nitrogen and oxygen atoms in total. The van der Waals surface area contributed by atoms with Crippen molar-refractivity contribution in [1.82, 2.24) is 4.98 Å². The Morgan fingerprint density at radius 2 is 2.09 bits per heavy atom. The summed E-state index contributed by atoms with van der Waals surface area (Å²) in [5.41, 5.74) is 2.45. The Hall–Kier alpha value is -3.88. The second-order valence-corrected chi connectivity index (χ2v) is 8.77. The van der Waals surface area contributed by atoms with Crippen LogP contribution in [0.25, 0.3) is 16.8 Å². The van der Waals surface area contributed by atoms with E-state index in [4.69, 9.17) is 18.9 Å². The van der Waals surface area contributed by atoms with E-state index in [1.807, 2.05) is 23.6 Å². The van der Waals surface area contributed by atoms with Crippen molar-refractivity contribution in [2.75, 3.05) is 25.8 Å². The highest BCUT2D eigenvalue weighted by atomic mass is 32.1. The van der Waals surface area contributed by atoms with Gasteiger partial charge in [0.05, 0.1) is 25.0 Å². The summed E-state index contributed by atoms with van der Waals surface area (Å²) in [6.45, 7) is 3.71. The number of carbonyl (C=O) groups excluding carboxylic acids is 2. The highest BCUT2D eigenvalue weighted by Crippen LogP contribution is 2.37. The maximum atomic E-state index is 12.5. The number of aromatic nitrogens is 1. The van der Waals surface area contributed by atoms with E-state index in [0.717, 1.165) is 16.9 Å². The van der Waals surface area contributed by atoms with Gasteiger partial charge in [-0.25, -0.2) is 14.6 Å². The minimum atomic E-state index is -0.569. The number of nitrogens with zero attached hydrogens (tertiary/aromatic N) is 2. The summed E-state index contributed by atoms with van der Waals surface area (Å²) in [6, 6.07) is 7.64. The first-order valence-corrected chi connectivity index (χ1v) is 11.8. The molecule has 1 aliphatic heterocycles. The van der Waals surface area contributed by atoms with E-state index in [9.17, 15) is 14.9 Å². The van der Waals surface area contributed by atoms with Gasteiger partial charge in [-0.2, -0.15) is 5.26 Å². The van der Waals surface area contributed by atoms with Crippen molar-refractivity contribution >= 4 is 45.2 Å². The van der Waals surface area contributed by atoms with E-state index in [1.165, 1.54) is 24.6 Å². The van der Waals surface area contributed by atoms with Crippen LogP contribution in [-0.4, -0.2) is 37.4 Å². The number of hydrogen-bond acceptors (Lipinski definition) is 11. The van der Waals surface area contributed by atoms with Crippen LogP contribution in [0, 0.1) is 18.3 Å². The number of anilines is 1. The Morgan fingerprint density at radius 3 is 2.82 bits per heavy atom. The second kappa shape index (κ2) is 9.94. The average molecular weight is 498 g/mol. The number of benzene rings is 1. The molecule has 0 spiro atoms. The van der Waals surface area contributed by atoms with Gasteiger partial charge in [0.1, 0.15) is 26.5 Å². The normalized spacial score (nSPS) is 12.2. The van der Waals surface area contributed by atoms with Crippen molar-refractivity contribution in [3.05, 3.63) is 50.8 Å². The number of rotatable bonds is 7. The molecule has 4 rings (SSSR count). The van der Waals surface area contributed by atoms with Crippen molar-refractivity contribution in [2.24, 2.45) is 0 Å². The van der Waals surface area contributed by atoms with Gasteiger partial charge in [-0.15, -0.1) is 22.7 Å². The molecule has 174 valence electrons. The van der Waals surface area contributed by atoms with Crippen LogP contribution in [0.1, 0.15) is 37.5 Å². The van der Waals surface area contributed by atoms with Gasteiger partial charge in [0.25, 0.3) is 0 Å². The van der Waals surface area contributed by atoms with Crippen molar-refractivity contribution < 1.29 is 28.5 Å². The quantitative estimate of drug-likeness (QED) is 0.361. The summed E-state index contributed by atoms with van der Waals surface area (Å²) >= 11 is 2.36. The molecule has 0 saturated heterocycles. The predicted molar refractivity (Wildman–Crippen MR) is 127 cm³/mol. The third-order valence-corrected chi connectivity index (χ3v) is 6.95. The fourth-order valence-electron chi connectivity index (χ4n) is 3.22. The van der Waals surface area contributed by atoms with Gasteiger partial charge in [0.15, 0.2) is 11.5 Å². The maximum absolute atomic E-state index is 12.5. The van der Waals surface area contributed by atoms with E-state index in [1.54, 1.807) is 13.8 Å². The first-order chi connectivity index (χ1) is 16.5. The van der Waals surface area contributed by atoms with Crippen LogP contribution in [0.3, 0.4) is 0 Å². The summed E-state index contributed by atoms with van der Waals surface area (Å²) in [6.07, 6.45) is 1.46. The number of fused-ring (bicyclic) bond motifs is 1. The molecule has 0 radical (unpaired) electrons. The molecule has 0 atom stereocenters. The monoisotopic (exact) mass is 497 g/mol. The summed E-state index contributed by atoms with van der Waals surface area (Å²) < 4.78 is 20.7. The van der Waals surface area contributed by atoms with Crippen LogP contribution in [0.5, 0.6) is 11.5 Å². The number of allylic oxidation sites excluding steroid dienone is 1. The van der Waals surface area contributed by atoms with Crippen LogP contribution < -0.4 is 14.8 Å². The number of ether oxygens (including phenoxy) is 4. The van der Waals surface area contributed by atoms with Gasteiger partial charge < -0.3 is 24.3 Å². The number of methoxy groups -OCH3 is 1. The highest BCUT2D eigenvalue weighted by Gasteiger charge is 2.26. The Bertz CT molecular complexity index is 1330. The summed E-state index contributed by atoms with van der Waals surface area (Å²) in [7, 11) is 1.27. The van der Waals surface area contributed by atoms with Gasteiger partial charge in [-0.1, -0.05) is 0 Å². The van der Waals surface area contributed by atoms with Crippen LogP contribution >= 0.6 is 22.7 Å². The molecule has 0 amide bonds. The average Bonchev–Trinajstić information content (AvgIpc) is 3.57. The van der Waals surface area contributed by atoms with Gasteiger partial charge >= 0.3 is 11.9 Å². The molecular formula is C23H19N3O6S2. The lowest BCUT2D eigenvalue weighted by Gasteiger charge is -2.05. The molecule has 0 bridgehead atoms. The third-order valence-electron chi connectivity index (χ3n) is 4.87. The third kappa shape index (κ3) is 4.46. The zero-order chi connectivity index (χ0) is 24.2. The van der Waals surface area contributed by atoms with Crippen molar-refractivity contribution in [3.63, 3.8) is 0 Å².